The molecule has 0 bridgehead atoms. The van der Waals surface area contributed by atoms with E-state index in [0.29, 0.717) is 18.9 Å². The van der Waals surface area contributed by atoms with Crippen molar-refractivity contribution >= 4 is 0 Å². The minimum atomic E-state index is -0.623. The summed E-state index contributed by atoms with van der Waals surface area (Å²) in [6, 6.07) is 19.4. The molecule has 0 aliphatic rings. The van der Waals surface area contributed by atoms with Crippen molar-refractivity contribution in [3.8, 4) is 11.5 Å². The molecule has 1 heterocycles. The maximum absolute atomic E-state index is 10.2. The van der Waals surface area contributed by atoms with Gasteiger partial charge in [-0.25, -0.2) is 0 Å². The Hall–Kier alpha value is -2.79. The zero-order valence-corrected chi connectivity index (χ0v) is 15.1. The van der Waals surface area contributed by atoms with Gasteiger partial charge < -0.3 is 14.6 Å². The Morgan fingerprint density at radius 2 is 1.62 bits per heavy atom. The Morgan fingerprint density at radius 1 is 0.962 bits per heavy atom. The van der Waals surface area contributed by atoms with Gasteiger partial charge in [-0.15, -0.1) is 0 Å². The molecule has 0 fully saturated rings. The third-order valence-electron chi connectivity index (χ3n) is 4.00. The molecular weight excluding hydrogens is 328 g/mol. The Kier molecular flexibility index (Phi) is 5.92. The van der Waals surface area contributed by atoms with E-state index >= 15 is 0 Å². The lowest BCUT2D eigenvalue weighted by molar-refractivity contribution is 0.0887. The van der Waals surface area contributed by atoms with Crippen molar-refractivity contribution < 1.29 is 14.6 Å². The van der Waals surface area contributed by atoms with E-state index in [0.717, 1.165) is 22.7 Å². The average molecular weight is 352 g/mol. The molecule has 0 unspecified atom stereocenters. The number of aromatic nitrogens is 2. The van der Waals surface area contributed by atoms with Gasteiger partial charge in [-0.3, -0.25) is 4.68 Å². The highest BCUT2D eigenvalue weighted by Crippen LogP contribution is 2.19. The van der Waals surface area contributed by atoms with Crippen molar-refractivity contribution in [1.29, 1.82) is 0 Å². The van der Waals surface area contributed by atoms with E-state index in [4.69, 9.17) is 9.47 Å². The van der Waals surface area contributed by atoms with Crippen LogP contribution in [0.2, 0.25) is 0 Å². The van der Waals surface area contributed by atoms with Gasteiger partial charge in [-0.1, -0.05) is 30.3 Å². The third kappa shape index (κ3) is 5.10. The predicted molar refractivity (Wildman–Crippen MR) is 100 cm³/mol. The number of rotatable bonds is 8. The standard InChI is InChI=1S/C21H24N2O3/c1-16-12-17(2)23(22-16)13-19(24)15-26-21-10-8-20(9-11-21)25-14-18-6-4-3-5-7-18/h3-12,19,24H,13-15H2,1-2H3/t19-/m1/s1. The van der Waals surface area contributed by atoms with Crippen molar-refractivity contribution in [2.45, 2.75) is 33.1 Å². The molecule has 0 spiro atoms. The summed E-state index contributed by atoms with van der Waals surface area (Å²) in [7, 11) is 0. The van der Waals surface area contributed by atoms with Gasteiger partial charge in [0.15, 0.2) is 0 Å². The van der Waals surface area contributed by atoms with Crippen LogP contribution in [0.1, 0.15) is 17.0 Å². The van der Waals surface area contributed by atoms with Crippen LogP contribution < -0.4 is 9.47 Å². The Balaban J connectivity index is 1.45. The highest BCUT2D eigenvalue weighted by Gasteiger charge is 2.09. The molecule has 5 nitrogen and oxygen atoms in total. The predicted octanol–water partition coefficient (Wildman–Crippen LogP) is 3.52. The molecule has 1 atom stereocenters. The summed E-state index contributed by atoms with van der Waals surface area (Å²) in [5.74, 6) is 1.48. The molecule has 1 aromatic heterocycles. The Bertz CT molecular complexity index is 813. The lowest BCUT2D eigenvalue weighted by Crippen LogP contribution is -2.24. The fourth-order valence-corrected chi connectivity index (χ4v) is 2.68. The summed E-state index contributed by atoms with van der Waals surface area (Å²) in [6.07, 6.45) is -0.623. The van der Waals surface area contributed by atoms with Crippen LogP contribution in [-0.4, -0.2) is 27.6 Å². The summed E-state index contributed by atoms with van der Waals surface area (Å²) in [4.78, 5) is 0. The maximum atomic E-state index is 10.2. The molecule has 1 N–H and O–H groups in total. The van der Waals surface area contributed by atoms with Crippen molar-refractivity contribution in [1.82, 2.24) is 9.78 Å². The zero-order chi connectivity index (χ0) is 18.4. The molecule has 2 aromatic carbocycles. The van der Waals surface area contributed by atoms with Crippen LogP contribution in [0.15, 0.2) is 60.7 Å². The number of ether oxygens (including phenoxy) is 2. The largest absolute Gasteiger partial charge is 0.491 e. The van der Waals surface area contributed by atoms with Crippen LogP contribution in [0.5, 0.6) is 11.5 Å². The van der Waals surface area contributed by atoms with Crippen molar-refractivity contribution in [2.75, 3.05) is 6.61 Å². The van der Waals surface area contributed by atoms with Crippen LogP contribution in [0.3, 0.4) is 0 Å². The smallest absolute Gasteiger partial charge is 0.120 e. The number of hydrogen-bond donors (Lipinski definition) is 1. The second-order valence-corrected chi connectivity index (χ2v) is 6.32. The van der Waals surface area contributed by atoms with Crippen LogP contribution in [0, 0.1) is 13.8 Å². The molecule has 26 heavy (non-hydrogen) atoms. The average Bonchev–Trinajstić information content (AvgIpc) is 2.97. The fraction of sp³-hybridized carbons (Fsp3) is 0.286. The van der Waals surface area contributed by atoms with Gasteiger partial charge >= 0.3 is 0 Å². The topological polar surface area (TPSA) is 56.5 Å². The number of aliphatic hydroxyl groups is 1. The lowest BCUT2D eigenvalue weighted by atomic mass is 10.2. The quantitative estimate of drug-likeness (QED) is 0.674. The van der Waals surface area contributed by atoms with Gasteiger partial charge in [0, 0.05) is 5.69 Å². The number of nitrogens with zero attached hydrogens (tertiary/aromatic N) is 2. The van der Waals surface area contributed by atoms with E-state index in [1.54, 1.807) is 4.68 Å². The van der Waals surface area contributed by atoms with Gasteiger partial charge in [0.25, 0.3) is 0 Å². The molecule has 0 radical (unpaired) electrons. The molecule has 0 aliphatic heterocycles. The van der Waals surface area contributed by atoms with Gasteiger partial charge in [-0.2, -0.15) is 5.10 Å². The second kappa shape index (κ2) is 8.54. The van der Waals surface area contributed by atoms with E-state index in [9.17, 15) is 5.11 Å². The van der Waals surface area contributed by atoms with Crippen LogP contribution in [-0.2, 0) is 13.2 Å². The lowest BCUT2D eigenvalue weighted by Gasteiger charge is -2.14. The molecular formula is C21H24N2O3. The minimum absolute atomic E-state index is 0.211. The van der Waals surface area contributed by atoms with Crippen molar-refractivity contribution in [3.63, 3.8) is 0 Å². The molecule has 136 valence electrons. The maximum Gasteiger partial charge on any atom is 0.120 e. The summed E-state index contributed by atoms with van der Waals surface area (Å²) in [5.41, 5.74) is 3.10. The molecule has 3 rings (SSSR count). The van der Waals surface area contributed by atoms with E-state index in [1.807, 2.05) is 74.5 Å². The van der Waals surface area contributed by atoms with E-state index < -0.39 is 6.10 Å². The van der Waals surface area contributed by atoms with Crippen LogP contribution >= 0.6 is 0 Å². The Morgan fingerprint density at radius 3 is 2.23 bits per heavy atom. The number of hydrogen-bond acceptors (Lipinski definition) is 4. The normalized spacial score (nSPS) is 12.0. The summed E-state index contributed by atoms with van der Waals surface area (Å²) < 4.78 is 13.2. The Labute approximate surface area is 153 Å². The van der Waals surface area contributed by atoms with E-state index in [2.05, 4.69) is 5.10 Å². The summed E-state index contributed by atoms with van der Waals surface area (Å²) >= 11 is 0. The SMILES string of the molecule is Cc1cc(C)n(C[C@@H](O)COc2ccc(OCc3ccccc3)cc2)n1. The van der Waals surface area contributed by atoms with Gasteiger partial charge in [0.2, 0.25) is 0 Å². The summed E-state index contributed by atoms with van der Waals surface area (Å²) in [6.45, 7) is 5.07. The van der Waals surface area contributed by atoms with Gasteiger partial charge in [0.1, 0.15) is 30.8 Å². The highest BCUT2D eigenvalue weighted by atomic mass is 16.5. The van der Waals surface area contributed by atoms with Gasteiger partial charge in [0.05, 0.1) is 12.2 Å². The second-order valence-electron chi connectivity index (χ2n) is 6.32. The van der Waals surface area contributed by atoms with E-state index in [-0.39, 0.29) is 6.61 Å². The molecule has 5 heteroatoms. The number of aryl methyl sites for hydroxylation is 2. The third-order valence-corrected chi connectivity index (χ3v) is 4.00. The summed E-state index contributed by atoms with van der Waals surface area (Å²) in [5, 5.41) is 14.5. The first-order chi connectivity index (χ1) is 12.6. The van der Waals surface area contributed by atoms with Crippen LogP contribution in [0.4, 0.5) is 0 Å². The first-order valence-electron chi connectivity index (χ1n) is 8.69. The van der Waals surface area contributed by atoms with Crippen molar-refractivity contribution in [3.05, 3.63) is 77.6 Å². The van der Waals surface area contributed by atoms with Gasteiger partial charge in [-0.05, 0) is 49.7 Å². The highest BCUT2D eigenvalue weighted by molar-refractivity contribution is 5.31. The first-order valence-corrected chi connectivity index (χ1v) is 8.69. The molecule has 3 aromatic rings. The molecule has 0 saturated carbocycles. The first kappa shape index (κ1) is 18.0. The zero-order valence-electron chi connectivity index (χ0n) is 15.1. The number of aliphatic hydroxyl groups excluding tert-OH is 1. The molecule has 0 saturated heterocycles. The molecule has 0 amide bonds. The van der Waals surface area contributed by atoms with Crippen molar-refractivity contribution in [2.24, 2.45) is 0 Å². The van der Waals surface area contributed by atoms with Crippen LogP contribution in [0.25, 0.3) is 0 Å². The fourth-order valence-electron chi connectivity index (χ4n) is 2.68. The minimum Gasteiger partial charge on any atom is -0.491 e. The van der Waals surface area contributed by atoms with E-state index in [1.165, 1.54) is 0 Å². The monoisotopic (exact) mass is 352 g/mol. The molecule has 0 aliphatic carbocycles. The number of benzene rings is 2.